The first-order valence-electron chi connectivity index (χ1n) is 7.06. The van der Waals surface area contributed by atoms with Crippen LogP contribution in [0.1, 0.15) is 34.8 Å². The number of likely N-dealkylation sites (tertiary alicyclic amines) is 1. The number of aryl methyl sites for hydroxylation is 1. The van der Waals surface area contributed by atoms with Crippen molar-refractivity contribution < 1.29 is 9.59 Å². The van der Waals surface area contributed by atoms with Crippen molar-refractivity contribution in [3.63, 3.8) is 0 Å². The van der Waals surface area contributed by atoms with Crippen molar-refractivity contribution in [1.29, 1.82) is 0 Å². The Balaban J connectivity index is 1.67. The highest BCUT2D eigenvalue weighted by Crippen LogP contribution is 2.25. The van der Waals surface area contributed by atoms with E-state index in [2.05, 4.69) is 15.4 Å². The van der Waals surface area contributed by atoms with Crippen molar-refractivity contribution in [3.05, 3.63) is 28.3 Å². The lowest BCUT2D eigenvalue weighted by molar-refractivity contribution is -0.114. The molecule has 1 fully saturated rings. The highest BCUT2D eigenvalue weighted by atomic mass is 32.1. The molecular weight excluding hydrogens is 302 g/mol. The van der Waals surface area contributed by atoms with Crippen molar-refractivity contribution >= 4 is 29.0 Å². The molecule has 0 saturated carbocycles. The van der Waals surface area contributed by atoms with Gasteiger partial charge in [0.2, 0.25) is 5.91 Å². The van der Waals surface area contributed by atoms with E-state index in [1.165, 1.54) is 18.3 Å². The number of aromatic nitrogens is 3. The maximum Gasteiger partial charge on any atom is 0.265 e. The van der Waals surface area contributed by atoms with Crippen molar-refractivity contribution in [2.24, 2.45) is 0 Å². The van der Waals surface area contributed by atoms with Gasteiger partial charge >= 0.3 is 0 Å². The molecule has 7 nitrogen and oxygen atoms in total. The highest BCUT2D eigenvalue weighted by molar-refractivity contribution is 7.11. The Kier molecular flexibility index (Phi) is 3.93. The van der Waals surface area contributed by atoms with E-state index in [1.807, 2.05) is 22.7 Å². The molecule has 0 unspecified atom stereocenters. The van der Waals surface area contributed by atoms with Crippen LogP contribution in [0.25, 0.3) is 0 Å². The third-order valence-electron chi connectivity index (χ3n) is 3.68. The lowest BCUT2D eigenvalue weighted by atomic mass is 10.3. The van der Waals surface area contributed by atoms with Gasteiger partial charge in [0.05, 0.1) is 17.2 Å². The van der Waals surface area contributed by atoms with E-state index in [-0.39, 0.29) is 17.9 Å². The lowest BCUT2D eigenvalue weighted by Crippen LogP contribution is -2.29. The fourth-order valence-corrected chi connectivity index (χ4v) is 3.35. The average molecular weight is 319 g/mol. The molecule has 0 spiro atoms. The number of rotatable bonds is 3. The minimum Gasteiger partial charge on any atom is -0.336 e. The van der Waals surface area contributed by atoms with Gasteiger partial charge in [-0.2, -0.15) is 5.10 Å². The third kappa shape index (κ3) is 2.87. The summed E-state index contributed by atoms with van der Waals surface area (Å²) >= 11 is 1.38. The third-order valence-corrected chi connectivity index (χ3v) is 4.59. The fraction of sp³-hybridized carbons (Fsp3) is 0.429. The number of nitrogens with zero attached hydrogens (tertiary/aromatic N) is 4. The van der Waals surface area contributed by atoms with E-state index < -0.39 is 0 Å². The van der Waals surface area contributed by atoms with Gasteiger partial charge in [-0.15, -0.1) is 11.3 Å². The molecule has 3 rings (SSSR count). The summed E-state index contributed by atoms with van der Waals surface area (Å²) < 4.78 is 1.82. The molecule has 2 amide bonds. The molecule has 1 aliphatic heterocycles. The van der Waals surface area contributed by atoms with E-state index in [0.29, 0.717) is 23.8 Å². The van der Waals surface area contributed by atoms with Crippen molar-refractivity contribution in [2.45, 2.75) is 26.3 Å². The summed E-state index contributed by atoms with van der Waals surface area (Å²) in [4.78, 5) is 30.2. The topological polar surface area (TPSA) is 80.1 Å². The normalized spacial score (nSPS) is 17.7. The Labute approximate surface area is 132 Å². The van der Waals surface area contributed by atoms with Gasteiger partial charge in [-0.1, -0.05) is 0 Å². The number of nitrogens with one attached hydrogen (secondary N) is 1. The summed E-state index contributed by atoms with van der Waals surface area (Å²) in [5.41, 5.74) is 2.48. The molecule has 22 heavy (non-hydrogen) atoms. The predicted octanol–water partition coefficient (Wildman–Crippen LogP) is 1.69. The Morgan fingerprint density at radius 3 is 2.95 bits per heavy atom. The van der Waals surface area contributed by atoms with Gasteiger partial charge in [0.15, 0.2) is 5.82 Å². The minimum absolute atomic E-state index is 0.0386. The minimum atomic E-state index is -0.144. The molecule has 0 aromatic carbocycles. The van der Waals surface area contributed by atoms with E-state index in [0.717, 1.165) is 12.1 Å². The van der Waals surface area contributed by atoms with E-state index in [4.69, 9.17) is 0 Å². The first-order valence-corrected chi connectivity index (χ1v) is 7.94. The van der Waals surface area contributed by atoms with E-state index in [1.54, 1.807) is 11.6 Å². The Morgan fingerprint density at radius 1 is 1.45 bits per heavy atom. The Morgan fingerprint density at radius 2 is 2.27 bits per heavy atom. The summed E-state index contributed by atoms with van der Waals surface area (Å²) in [5, 5.41) is 7.00. The molecule has 2 aromatic heterocycles. The highest BCUT2D eigenvalue weighted by Gasteiger charge is 2.30. The van der Waals surface area contributed by atoms with Gasteiger partial charge in [-0.05, 0) is 13.3 Å². The van der Waals surface area contributed by atoms with Crippen LogP contribution in [0.3, 0.4) is 0 Å². The molecule has 1 saturated heterocycles. The smallest absolute Gasteiger partial charge is 0.265 e. The van der Waals surface area contributed by atoms with Gasteiger partial charge in [-0.3, -0.25) is 14.3 Å². The summed E-state index contributed by atoms with van der Waals surface area (Å²) in [6, 6.07) is 1.90. The Hall–Kier alpha value is -2.22. The van der Waals surface area contributed by atoms with Crippen LogP contribution in [-0.2, 0) is 4.79 Å². The molecule has 1 N–H and O–H groups in total. The molecule has 3 heterocycles. The second-order valence-electron chi connectivity index (χ2n) is 5.32. The second-order valence-corrected chi connectivity index (χ2v) is 6.18. The largest absolute Gasteiger partial charge is 0.336 e. The predicted molar refractivity (Wildman–Crippen MR) is 82.9 cm³/mol. The zero-order valence-electron chi connectivity index (χ0n) is 12.4. The van der Waals surface area contributed by atoms with Crippen LogP contribution in [0, 0.1) is 6.92 Å². The lowest BCUT2D eigenvalue weighted by Gasteiger charge is -2.16. The van der Waals surface area contributed by atoms with Gasteiger partial charge < -0.3 is 10.2 Å². The second kappa shape index (κ2) is 5.88. The van der Waals surface area contributed by atoms with Crippen LogP contribution in [0.5, 0.6) is 0 Å². The van der Waals surface area contributed by atoms with Crippen molar-refractivity contribution in [2.75, 3.05) is 18.4 Å². The number of thiazole rings is 1. The van der Waals surface area contributed by atoms with Gasteiger partial charge in [0.25, 0.3) is 5.91 Å². The molecule has 0 bridgehead atoms. The van der Waals surface area contributed by atoms with E-state index in [9.17, 15) is 9.59 Å². The maximum atomic E-state index is 12.5. The molecule has 116 valence electrons. The Bertz CT molecular complexity index is 708. The standard InChI is InChI=1S/C14H17N5O2S/c1-9-13(22-8-15-9)14(21)18-5-3-11(7-18)19-6-4-12(17-19)16-10(2)20/h4,6,8,11H,3,5,7H2,1-2H3,(H,16,17,20)/t11-/m1/s1. The number of amides is 2. The number of hydrogen-bond acceptors (Lipinski definition) is 5. The molecular formula is C14H17N5O2S. The van der Waals surface area contributed by atoms with Crippen LogP contribution in [0.4, 0.5) is 5.82 Å². The van der Waals surface area contributed by atoms with Crippen molar-refractivity contribution in [1.82, 2.24) is 19.7 Å². The van der Waals surface area contributed by atoms with Gasteiger partial charge in [0.1, 0.15) is 4.88 Å². The van der Waals surface area contributed by atoms with Crippen molar-refractivity contribution in [3.8, 4) is 0 Å². The summed E-state index contributed by atoms with van der Waals surface area (Å²) in [7, 11) is 0. The number of carbonyl (C=O) groups is 2. The molecule has 2 aromatic rings. The fourth-order valence-electron chi connectivity index (χ4n) is 2.58. The quantitative estimate of drug-likeness (QED) is 0.933. The summed E-state index contributed by atoms with van der Waals surface area (Å²) in [6.07, 6.45) is 2.69. The van der Waals surface area contributed by atoms with Crippen LogP contribution < -0.4 is 5.32 Å². The maximum absolute atomic E-state index is 12.5. The van der Waals surface area contributed by atoms with Crippen LogP contribution >= 0.6 is 11.3 Å². The molecule has 0 aliphatic carbocycles. The SMILES string of the molecule is CC(=O)Nc1ccn([C@@H]2CCN(C(=O)c3scnc3C)C2)n1. The molecule has 1 atom stereocenters. The van der Waals surface area contributed by atoms with Gasteiger partial charge in [-0.25, -0.2) is 4.98 Å². The molecule has 8 heteroatoms. The summed E-state index contributed by atoms with van der Waals surface area (Å²) in [5.74, 6) is 0.432. The molecule has 0 radical (unpaired) electrons. The number of anilines is 1. The monoisotopic (exact) mass is 319 g/mol. The number of carbonyl (C=O) groups excluding carboxylic acids is 2. The zero-order chi connectivity index (χ0) is 15.7. The average Bonchev–Trinajstić information content (AvgIpc) is 3.16. The van der Waals surface area contributed by atoms with Gasteiger partial charge in [0, 0.05) is 32.3 Å². The number of hydrogen-bond donors (Lipinski definition) is 1. The van der Waals surface area contributed by atoms with Crippen LogP contribution in [0.2, 0.25) is 0 Å². The van der Waals surface area contributed by atoms with Crippen LogP contribution in [-0.4, -0.2) is 44.6 Å². The first kappa shape index (κ1) is 14.7. The van der Waals surface area contributed by atoms with Crippen LogP contribution in [0.15, 0.2) is 17.8 Å². The zero-order valence-corrected chi connectivity index (χ0v) is 13.3. The summed E-state index contributed by atoms with van der Waals surface area (Å²) in [6.45, 7) is 4.63. The molecule has 1 aliphatic rings. The van der Waals surface area contributed by atoms with E-state index >= 15 is 0 Å². The first-order chi connectivity index (χ1) is 10.5.